The van der Waals surface area contributed by atoms with Crippen molar-refractivity contribution in [2.75, 3.05) is 38.1 Å². The van der Waals surface area contributed by atoms with E-state index < -0.39 is 0 Å². The Morgan fingerprint density at radius 2 is 1.92 bits per heavy atom. The number of halogens is 1. The highest BCUT2D eigenvalue weighted by Crippen LogP contribution is 2.35. The average Bonchev–Trinajstić information content (AvgIpc) is 2.61. The zero-order valence-electron chi connectivity index (χ0n) is 14.0. The third-order valence-electron chi connectivity index (χ3n) is 4.86. The lowest BCUT2D eigenvalue weighted by atomic mass is 10.1. The maximum atomic E-state index is 13.2. The van der Waals surface area contributed by atoms with Crippen LogP contribution in [0.1, 0.15) is 5.56 Å². The number of aliphatic hydroxyl groups is 1. The molecule has 0 atom stereocenters. The SMILES string of the molecule is CN1CCN(c2ccc(CO)c3sc4cc(Cl)ccc4c(=O)c23)CC1. The first-order valence-corrected chi connectivity index (χ1v) is 9.50. The van der Waals surface area contributed by atoms with Crippen molar-refractivity contribution in [1.82, 2.24) is 4.90 Å². The van der Waals surface area contributed by atoms with Crippen molar-refractivity contribution in [3.8, 4) is 0 Å². The molecule has 1 fully saturated rings. The van der Waals surface area contributed by atoms with E-state index in [1.165, 1.54) is 11.3 Å². The molecule has 1 aromatic heterocycles. The van der Waals surface area contributed by atoms with Crippen molar-refractivity contribution in [2.24, 2.45) is 0 Å². The molecule has 6 heteroatoms. The summed E-state index contributed by atoms with van der Waals surface area (Å²) in [5, 5.41) is 11.8. The van der Waals surface area contributed by atoms with Crippen LogP contribution in [-0.4, -0.2) is 43.2 Å². The van der Waals surface area contributed by atoms with E-state index in [0.29, 0.717) is 10.4 Å². The summed E-state index contributed by atoms with van der Waals surface area (Å²) >= 11 is 7.63. The van der Waals surface area contributed by atoms with Gasteiger partial charge in [-0.05, 0) is 36.9 Å². The van der Waals surface area contributed by atoms with Crippen molar-refractivity contribution in [1.29, 1.82) is 0 Å². The molecule has 2 aromatic carbocycles. The number of benzene rings is 2. The smallest absolute Gasteiger partial charge is 0.197 e. The highest BCUT2D eigenvalue weighted by atomic mass is 35.5. The predicted molar refractivity (Wildman–Crippen MR) is 106 cm³/mol. The number of piperazine rings is 1. The largest absolute Gasteiger partial charge is 0.392 e. The summed E-state index contributed by atoms with van der Waals surface area (Å²) in [4.78, 5) is 17.8. The Kier molecular flexibility index (Phi) is 4.41. The van der Waals surface area contributed by atoms with E-state index in [1.54, 1.807) is 12.1 Å². The van der Waals surface area contributed by atoms with Gasteiger partial charge in [0.2, 0.25) is 0 Å². The topological polar surface area (TPSA) is 43.8 Å². The molecule has 0 aliphatic carbocycles. The maximum Gasteiger partial charge on any atom is 0.197 e. The van der Waals surface area contributed by atoms with Gasteiger partial charge in [0.1, 0.15) is 0 Å². The zero-order chi connectivity index (χ0) is 17.6. The van der Waals surface area contributed by atoms with Crippen molar-refractivity contribution >= 4 is 48.8 Å². The fourth-order valence-electron chi connectivity index (χ4n) is 3.40. The normalized spacial score (nSPS) is 16.0. The summed E-state index contributed by atoms with van der Waals surface area (Å²) < 4.78 is 1.72. The molecule has 0 spiro atoms. The highest BCUT2D eigenvalue weighted by molar-refractivity contribution is 7.24. The van der Waals surface area contributed by atoms with Gasteiger partial charge >= 0.3 is 0 Å². The van der Waals surface area contributed by atoms with Crippen molar-refractivity contribution in [2.45, 2.75) is 6.61 Å². The number of anilines is 1. The van der Waals surface area contributed by atoms with Crippen LogP contribution in [0.2, 0.25) is 5.02 Å². The molecule has 3 aromatic rings. The third kappa shape index (κ3) is 2.91. The maximum absolute atomic E-state index is 13.2. The number of hydrogen-bond donors (Lipinski definition) is 1. The molecule has 130 valence electrons. The minimum Gasteiger partial charge on any atom is -0.392 e. The van der Waals surface area contributed by atoms with Gasteiger partial charge in [0.05, 0.1) is 12.0 Å². The average molecular weight is 375 g/mol. The lowest BCUT2D eigenvalue weighted by molar-refractivity contribution is 0.283. The Bertz CT molecular complexity index is 1010. The van der Waals surface area contributed by atoms with Crippen molar-refractivity contribution in [3.63, 3.8) is 0 Å². The second kappa shape index (κ2) is 6.57. The summed E-state index contributed by atoms with van der Waals surface area (Å²) in [6.45, 7) is 3.66. The summed E-state index contributed by atoms with van der Waals surface area (Å²) in [5.41, 5.74) is 1.78. The Labute approximate surface area is 154 Å². The van der Waals surface area contributed by atoms with Crippen LogP contribution < -0.4 is 10.3 Å². The fourth-order valence-corrected chi connectivity index (χ4v) is 4.88. The van der Waals surface area contributed by atoms with Crippen LogP contribution in [0.3, 0.4) is 0 Å². The number of fused-ring (bicyclic) bond motifs is 2. The standard InChI is InChI=1S/C19H19ClN2O2S/c1-21-6-8-22(9-7-21)15-5-2-12(11-23)19-17(15)18(24)14-4-3-13(20)10-16(14)25-19/h2-5,10,23H,6-9,11H2,1H3. The zero-order valence-corrected chi connectivity index (χ0v) is 15.5. The Hall–Kier alpha value is -1.66. The molecule has 1 saturated heterocycles. The molecule has 0 radical (unpaired) electrons. The van der Waals surface area contributed by atoms with Crippen LogP contribution in [-0.2, 0) is 6.61 Å². The fraction of sp³-hybridized carbons (Fsp3) is 0.316. The van der Waals surface area contributed by atoms with Crippen LogP contribution in [0.4, 0.5) is 5.69 Å². The van der Waals surface area contributed by atoms with Gasteiger partial charge in [-0.1, -0.05) is 17.7 Å². The second-order valence-electron chi connectivity index (χ2n) is 6.47. The molecule has 0 amide bonds. The monoisotopic (exact) mass is 374 g/mol. The summed E-state index contributed by atoms with van der Waals surface area (Å²) in [6.07, 6.45) is 0. The second-order valence-corrected chi connectivity index (χ2v) is 7.96. The Morgan fingerprint density at radius 1 is 1.16 bits per heavy atom. The van der Waals surface area contributed by atoms with Gasteiger partial charge in [0, 0.05) is 51.7 Å². The molecule has 0 bridgehead atoms. The van der Waals surface area contributed by atoms with Crippen LogP contribution >= 0.6 is 22.9 Å². The van der Waals surface area contributed by atoms with Crippen molar-refractivity contribution < 1.29 is 5.11 Å². The Balaban J connectivity index is 2.01. The number of rotatable bonds is 2. The summed E-state index contributed by atoms with van der Waals surface area (Å²) in [7, 11) is 2.11. The summed E-state index contributed by atoms with van der Waals surface area (Å²) in [6, 6.07) is 9.30. The van der Waals surface area contributed by atoms with E-state index >= 15 is 0 Å². The number of likely N-dealkylation sites (N-methyl/N-ethyl adjacent to an activating group) is 1. The van der Waals surface area contributed by atoms with Gasteiger partial charge in [0.15, 0.2) is 5.43 Å². The van der Waals surface area contributed by atoms with E-state index in [0.717, 1.165) is 52.2 Å². The van der Waals surface area contributed by atoms with Crippen LogP contribution in [0.15, 0.2) is 35.1 Å². The molecule has 25 heavy (non-hydrogen) atoms. The van der Waals surface area contributed by atoms with E-state index in [9.17, 15) is 9.90 Å². The number of aliphatic hydroxyl groups excluding tert-OH is 1. The van der Waals surface area contributed by atoms with Crippen LogP contribution in [0, 0.1) is 0 Å². The van der Waals surface area contributed by atoms with E-state index in [1.807, 2.05) is 18.2 Å². The number of nitrogens with zero attached hydrogens (tertiary/aromatic N) is 2. The molecule has 2 heterocycles. The van der Waals surface area contributed by atoms with Gasteiger partial charge < -0.3 is 14.9 Å². The third-order valence-corrected chi connectivity index (χ3v) is 6.32. The molecule has 1 aliphatic rings. The first-order chi connectivity index (χ1) is 12.1. The highest BCUT2D eigenvalue weighted by Gasteiger charge is 2.20. The summed E-state index contributed by atoms with van der Waals surface area (Å²) in [5.74, 6) is 0. The first-order valence-electron chi connectivity index (χ1n) is 8.31. The minimum atomic E-state index is -0.0818. The molecule has 0 unspecified atom stereocenters. The molecule has 1 aliphatic heterocycles. The van der Waals surface area contributed by atoms with Gasteiger partial charge in [-0.15, -0.1) is 11.3 Å². The van der Waals surface area contributed by atoms with Crippen LogP contribution in [0.25, 0.3) is 20.2 Å². The van der Waals surface area contributed by atoms with Crippen molar-refractivity contribution in [3.05, 3.63) is 51.1 Å². The van der Waals surface area contributed by atoms with Crippen LogP contribution in [0.5, 0.6) is 0 Å². The molecule has 1 N–H and O–H groups in total. The molecule has 4 nitrogen and oxygen atoms in total. The van der Waals surface area contributed by atoms with Gasteiger partial charge in [-0.25, -0.2) is 0 Å². The predicted octanol–water partition coefficient (Wildman–Crippen LogP) is 3.31. The lowest BCUT2D eigenvalue weighted by Crippen LogP contribution is -2.44. The van der Waals surface area contributed by atoms with E-state index in [4.69, 9.17) is 11.6 Å². The minimum absolute atomic E-state index is 0.0182. The first kappa shape index (κ1) is 16.8. The molecular formula is C19H19ClN2O2S. The molecular weight excluding hydrogens is 356 g/mol. The van der Waals surface area contributed by atoms with Gasteiger partial charge in [-0.2, -0.15) is 0 Å². The Morgan fingerprint density at radius 3 is 2.64 bits per heavy atom. The molecule has 4 rings (SSSR count). The van der Waals surface area contributed by atoms with Gasteiger partial charge in [0.25, 0.3) is 0 Å². The lowest BCUT2D eigenvalue weighted by Gasteiger charge is -2.34. The van der Waals surface area contributed by atoms with E-state index in [-0.39, 0.29) is 12.0 Å². The molecule has 0 saturated carbocycles. The quantitative estimate of drug-likeness (QED) is 0.699. The van der Waals surface area contributed by atoms with E-state index in [2.05, 4.69) is 16.8 Å². The number of hydrogen-bond acceptors (Lipinski definition) is 5. The van der Waals surface area contributed by atoms with Gasteiger partial charge in [-0.3, -0.25) is 4.79 Å².